The van der Waals surface area contributed by atoms with Crippen LogP contribution in [0.15, 0.2) is 24.5 Å². The summed E-state index contributed by atoms with van der Waals surface area (Å²) in [6.07, 6.45) is 11.1. The van der Waals surface area contributed by atoms with E-state index in [4.69, 9.17) is 11.5 Å². The maximum absolute atomic E-state index is 6.53. The Hall–Kier alpha value is -2.50. The number of rotatable bonds is 3. The molecule has 2 fully saturated rings. The number of aromatic nitrogens is 2. The van der Waals surface area contributed by atoms with Crippen LogP contribution in [-0.2, 0) is 0 Å². The van der Waals surface area contributed by atoms with Crippen LogP contribution in [0.2, 0.25) is 0 Å². The van der Waals surface area contributed by atoms with Crippen LogP contribution < -0.4 is 21.3 Å². The molecule has 2 aromatic heterocycles. The molecule has 0 spiro atoms. The Morgan fingerprint density at radius 2 is 1.00 bits per heavy atom. The molecule has 2 aromatic rings. The summed E-state index contributed by atoms with van der Waals surface area (Å²) in [5.74, 6) is 0. The van der Waals surface area contributed by atoms with Gasteiger partial charge in [0.25, 0.3) is 0 Å². The molecule has 0 saturated carbocycles. The van der Waals surface area contributed by atoms with E-state index >= 15 is 0 Å². The molecule has 2 aliphatic rings. The highest BCUT2D eigenvalue weighted by Gasteiger charge is 2.21. The highest BCUT2D eigenvalue weighted by atomic mass is 15.2. The highest BCUT2D eigenvalue weighted by molar-refractivity contribution is 5.90. The molecule has 26 heavy (non-hydrogen) atoms. The first kappa shape index (κ1) is 16.9. The van der Waals surface area contributed by atoms with Crippen LogP contribution in [0.5, 0.6) is 0 Å². The largest absolute Gasteiger partial charge is 0.395 e. The molecule has 0 unspecified atom stereocenters. The van der Waals surface area contributed by atoms with Gasteiger partial charge in [-0.1, -0.05) is 0 Å². The van der Waals surface area contributed by atoms with Crippen molar-refractivity contribution in [1.29, 1.82) is 0 Å². The van der Waals surface area contributed by atoms with Crippen LogP contribution in [0.25, 0.3) is 11.4 Å². The van der Waals surface area contributed by atoms with E-state index in [1.54, 1.807) is 0 Å². The molecule has 6 heteroatoms. The molecule has 0 bridgehead atoms. The van der Waals surface area contributed by atoms with Crippen molar-refractivity contribution >= 4 is 22.7 Å². The topological polar surface area (TPSA) is 84.3 Å². The van der Waals surface area contributed by atoms with Gasteiger partial charge in [0.2, 0.25) is 0 Å². The van der Waals surface area contributed by atoms with Crippen LogP contribution in [0.4, 0.5) is 22.7 Å². The van der Waals surface area contributed by atoms with Crippen LogP contribution >= 0.6 is 0 Å². The fourth-order valence-electron chi connectivity index (χ4n) is 4.12. The summed E-state index contributed by atoms with van der Waals surface area (Å²) < 4.78 is 0. The van der Waals surface area contributed by atoms with Gasteiger partial charge in [-0.25, -0.2) is 0 Å². The third kappa shape index (κ3) is 3.16. The maximum Gasteiger partial charge on any atom is 0.116 e. The lowest BCUT2D eigenvalue weighted by atomic mass is 10.1. The minimum atomic E-state index is 0.685. The Bertz CT molecular complexity index is 697. The minimum Gasteiger partial charge on any atom is -0.395 e. The Balaban J connectivity index is 1.71. The molecule has 4 N–H and O–H groups in total. The molecule has 4 heterocycles. The zero-order valence-electron chi connectivity index (χ0n) is 15.3. The fraction of sp³-hybridized carbons (Fsp3) is 0.500. The van der Waals surface area contributed by atoms with Crippen LogP contribution in [-0.4, -0.2) is 36.1 Å². The van der Waals surface area contributed by atoms with Crippen molar-refractivity contribution in [1.82, 2.24) is 9.97 Å². The standard InChI is InChI=1S/C20H28N6/c21-17-15(25-11-3-1-4-12-25)7-9-23-19(17)20-18(22)16(8-10-24-20)26-13-5-2-6-14-26/h7-10H,1-6,11-14,21-22H2. The van der Waals surface area contributed by atoms with Crippen LogP contribution in [0.3, 0.4) is 0 Å². The van der Waals surface area contributed by atoms with Crippen molar-refractivity contribution in [2.24, 2.45) is 0 Å². The average molecular weight is 352 g/mol. The number of piperidine rings is 2. The van der Waals surface area contributed by atoms with Gasteiger partial charge in [0.15, 0.2) is 0 Å². The molecule has 0 amide bonds. The van der Waals surface area contributed by atoms with Gasteiger partial charge in [0.1, 0.15) is 11.4 Å². The van der Waals surface area contributed by atoms with E-state index in [2.05, 4.69) is 19.8 Å². The van der Waals surface area contributed by atoms with E-state index in [1.807, 2.05) is 24.5 Å². The number of hydrogen-bond acceptors (Lipinski definition) is 6. The molecular weight excluding hydrogens is 324 g/mol. The molecule has 0 atom stereocenters. The summed E-state index contributed by atoms with van der Waals surface area (Å²) in [6.45, 7) is 4.18. The smallest absolute Gasteiger partial charge is 0.116 e. The van der Waals surface area contributed by atoms with Crippen molar-refractivity contribution in [2.45, 2.75) is 38.5 Å². The van der Waals surface area contributed by atoms with Gasteiger partial charge >= 0.3 is 0 Å². The van der Waals surface area contributed by atoms with Crippen molar-refractivity contribution in [3.05, 3.63) is 24.5 Å². The van der Waals surface area contributed by atoms with Gasteiger partial charge in [-0.15, -0.1) is 0 Å². The molecule has 138 valence electrons. The van der Waals surface area contributed by atoms with Gasteiger partial charge in [-0.2, -0.15) is 0 Å². The van der Waals surface area contributed by atoms with Gasteiger partial charge in [-0.05, 0) is 50.7 Å². The van der Waals surface area contributed by atoms with E-state index in [-0.39, 0.29) is 0 Å². The van der Waals surface area contributed by atoms with Crippen LogP contribution in [0.1, 0.15) is 38.5 Å². The zero-order valence-corrected chi connectivity index (χ0v) is 15.3. The van der Waals surface area contributed by atoms with Crippen molar-refractivity contribution in [3.63, 3.8) is 0 Å². The van der Waals surface area contributed by atoms with Crippen molar-refractivity contribution in [2.75, 3.05) is 47.4 Å². The van der Waals surface area contributed by atoms with Gasteiger partial charge < -0.3 is 21.3 Å². The number of pyridine rings is 2. The van der Waals surface area contributed by atoms with E-state index in [1.165, 1.54) is 38.5 Å². The van der Waals surface area contributed by atoms with Gasteiger partial charge in [0.05, 0.1) is 22.7 Å². The summed E-state index contributed by atoms with van der Waals surface area (Å²) in [7, 11) is 0. The van der Waals surface area contributed by atoms with Crippen molar-refractivity contribution < 1.29 is 0 Å². The first-order valence-corrected chi connectivity index (χ1v) is 9.75. The number of nitrogen functional groups attached to an aromatic ring is 2. The molecule has 0 radical (unpaired) electrons. The second kappa shape index (κ2) is 7.40. The minimum absolute atomic E-state index is 0.685. The molecule has 0 aromatic carbocycles. The molecule has 6 nitrogen and oxygen atoms in total. The summed E-state index contributed by atoms with van der Waals surface area (Å²) in [4.78, 5) is 13.8. The molecule has 2 saturated heterocycles. The predicted octanol–water partition coefficient (Wildman–Crippen LogP) is 3.29. The van der Waals surface area contributed by atoms with E-state index in [0.29, 0.717) is 22.8 Å². The lowest BCUT2D eigenvalue weighted by molar-refractivity contribution is 0.578. The Morgan fingerprint density at radius 3 is 1.38 bits per heavy atom. The Labute approximate surface area is 155 Å². The zero-order chi connectivity index (χ0) is 17.9. The normalized spacial score (nSPS) is 18.2. The molecule has 2 aliphatic heterocycles. The molecular formula is C20H28N6. The first-order chi connectivity index (χ1) is 12.8. The Morgan fingerprint density at radius 1 is 0.615 bits per heavy atom. The highest BCUT2D eigenvalue weighted by Crippen LogP contribution is 2.38. The summed E-state index contributed by atoms with van der Waals surface area (Å²) in [5.41, 5.74) is 17.9. The van der Waals surface area contributed by atoms with Gasteiger partial charge in [-0.3, -0.25) is 9.97 Å². The van der Waals surface area contributed by atoms with E-state index in [0.717, 1.165) is 37.6 Å². The second-order valence-electron chi connectivity index (χ2n) is 7.28. The second-order valence-corrected chi connectivity index (χ2v) is 7.28. The third-order valence-electron chi connectivity index (χ3n) is 5.55. The van der Waals surface area contributed by atoms with Crippen molar-refractivity contribution in [3.8, 4) is 11.4 Å². The van der Waals surface area contributed by atoms with E-state index in [9.17, 15) is 0 Å². The number of nitrogens with zero attached hydrogens (tertiary/aromatic N) is 4. The number of hydrogen-bond donors (Lipinski definition) is 2. The van der Waals surface area contributed by atoms with Crippen LogP contribution in [0, 0.1) is 0 Å². The fourth-order valence-corrected chi connectivity index (χ4v) is 4.12. The summed E-state index contributed by atoms with van der Waals surface area (Å²) in [6, 6.07) is 4.02. The molecule has 0 aliphatic carbocycles. The number of anilines is 4. The summed E-state index contributed by atoms with van der Waals surface area (Å²) in [5, 5.41) is 0. The molecule has 4 rings (SSSR count). The lowest BCUT2D eigenvalue weighted by Crippen LogP contribution is -2.30. The lowest BCUT2D eigenvalue weighted by Gasteiger charge is -2.31. The summed E-state index contributed by atoms with van der Waals surface area (Å²) >= 11 is 0. The SMILES string of the molecule is Nc1c(N2CCCCC2)ccnc1-c1nccc(N2CCCCC2)c1N. The quantitative estimate of drug-likeness (QED) is 0.882. The first-order valence-electron chi connectivity index (χ1n) is 9.75. The average Bonchev–Trinajstić information content (AvgIpc) is 2.70. The van der Waals surface area contributed by atoms with Gasteiger partial charge in [0, 0.05) is 38.6 Å². The van der Waals surface area contributed by atoms with E-state index < -0.39 is 0 Å². The number of nitrogens with two attached hydrogens (primary N) is 2. The predicted molar refractivity (Wildman–Crippen MR) is 108 cm³/mol. The maximum atomic E-state index is 6.53. The third-order valence-corrected chi connectivity index (χ3v) is 5.55. The monoisotopic (exact) mass is 352 g/mol. The Kier molecular flexibility index (Phi) is 4.82.